The third-order valence-corrected chi connectivity index (χ3v) is 4.67. The molecule has 4 rings (SSSR count). The minimum Gasteiger partial charge on any atom is -0.478 e. The fraction of sp³-hybridized carbons (Fsp3) is 0.120. The third-order valence-electron chi connectivity index (χ3n) is 4.67. The lowest BCUT2D eigenvalue weighted by atomic mass is 9.98. The molecule has 0 saturated heterocycles. The number of benzene rings is 3. The van der Waals surface area contributed by atoms with Crippen molar-refractivity contribution in [2.45, 2.75) is 13.3 Å². The van der Waals surface area contributed by atoms with Crippen LogP contribution in [-0.4, -0.2) is 22.6 Å². The lowest BCUT2D eigenvalue weighted by Gasteiger charge is -2.11. The van der Waals surface area contributed by atoms with Crippen molar-refractivity contribution >= 4 is 16.9 Å². The van der Waals surface area contributed by atoms with Crippen LogP contribution >= 0.6 is 0 Å². The second-order valence-electron chi connectivity index (χ2n) is 6.67. The zero-order chi connectivity index (χ0) is 20.6. The maximum Gasteiger partial charge on any atom is 0.336 e. The molecule has 0 fully saturated rings. The van der Waals surface area contributed by atoms with Gasteiger partial charge in [-0.05, 0) is 37.1 Å². The van der Waals surface area contributed by atoms with Gasteiger partial charge in [0.2, 0.25) is 0 Å². The number of aromatic nitrogens is 1. The summed E-state index contributed by atoms with van der Waals surface area (Å²) in [5.74, 6) is -0.918. The number of nitrogens with zero attached hydrogens (tertiary/aromatic N) is 1. The summed E-state index contributed by atoms with van der Waals surface area (Å²) in [5, 5.41) is 10.2. The van der Waals surface area contributed by atoms with E-state index in [1.54, 1.807) is 6.07 Å². The zero-order valence-corrected chi connectivity index (χ0v) is 16.4. The summed E-state index contributed by atoms with van der Waals surface area (Å²) in [6, 6.07) is 27.3. The monoisotopic (exact) mass is 384 g/mol. The SMILES string of the molecule is Cc1c(-c2ccccc2)nc2ccccc2c1C(=O)O.NCCc1ccccc1. The van der Waals surface area contributed by atoms with Crippen LogP contribution in [0.2, 0.25) is 0 Å². The maximum atomic E-state index is 11.6. The van der Waals surface area contributed by atoms with Gasteiger partial charge in [-0.25, -0.2) is 9.78 Å². The molecule has 0 bridgehead atoms. The van der Waals surface area contributed by atoms with Gasteiger partial charge in [-0.3, -0.25) is 0 Å². The molecule has 0 saturated carbocycles. The van der Waals surface area contributed by atoms with Gasteiger partial charge in [0, 0.05) is 10.9 Å². The van der Waals surface area contributed by atoms with E-state index in [1.807, 2.05) is 73.7 Å². The molecule has 29 heavy (non-hydrogen) atoms. The Labute approximate surface area is 170 Å². The highest BCUT2D eigenvalue weighted by atomic mass is 16.4. The maximum absolute atomic E-state index is 11.6. The van der Waals surface area contributed by atoms with E-state index in [-0.39, 0.29) is 0 Å². The summed E-state index contributed by atoms with van der Waals surface area (Å²) < 4.78 is 0. The van der Waals surface area contributed by atoms with Crippen molar-refractivity contribution < 1.29 is 9.90 Å². The van der Waals surface area contributed by atoms with Crippen molar-refractivity contribution in [3.05, 3.63) is 102 Å². The summed E-state index contributed by atoms with van der Waals surface area (Å²) in [6.45, 7) is 2.55. The van der Waals surface area contributed by atoms with E-state index >= 15 is 0 Å². The van der Waals surface area contributed by atoms with Gasteiger partial charge >= 0.3 is 5.97 Å². The lowest BCUT2D eigenvalue weighted by molar-refractivity contribution is 0.0698. The number of pyridine rings is 1. The van der Waals surface area contributed by atoms with Gasteiger partial charge in [0.25, 0.3) is 0 Å². The van der Waals surface area contributed by atoms with Crippen LogP contribution in [0.3, 0.4) is 0 Å². The minimum atomic E-state index is -0.918. The smallest absolute Gasteiger partial charge is 0.336 e. The fourth-order valence-corrected chi connectivity index (χ4v) is 3.27. The van der Waals surface area contributed by atoms with Crippen molar-refractivity contribution in [2.75, 3.05) is 6.54 Å². The molecule has 3 N–H and O–H groups in total. The Hall–Kier alpha value is -3.50. The highest BCUT2D eigenvalue weighted by molar-refractivity contribution is 6.05. The highest BCUT2D eigenvalue weighted by Gasteiger charge is 2.17. The number of carboxylic acids is 1. The van der Waals surface area contributed by atoms with Crippen molar-refractivity contribution in [2.24, 2.45) is 5.73 Å². The van der Waals surface area contributed by atoms with Crippen LogP contribution in [0.25, 0.3) is 22.2 Å². The average molecular weight is 384 g/mol. The number of carboxylic acid groups (broad SMARTS) is 1. The summed E-state index contributed by atoms with van der Waals surface area (Å²) >= 11 is 0. The van der Waals surface area contributed by atoms with Crippen molar-refractivity contribution in [3.8, 4) is 11.3 Å². The number of para-hydroxylation sites is 1. The Morgan fingerprint density at radius 3 is 2.10 bits per heavy atom. The summed E-state index contributed by atoms with van der Waals surface area (Å²) in [4.78, 5) is 16.2. The van der Waals surface area contributed by atoms with Crippen LogP contribution in [0.15, 0.2) is 84.9 Å². The van der Waals surface area contributed by atoms with Gasteiger partial charge in [0.1, 0.15) is 0 Å². The number of hydrogen-bond donors (Lipinski definition) is 2. The normalized spacial score (nSPS) is 10.3. The standard InChI is InChI=1S/C17H13NO2.C8H11N/c1-11-15(17(19)20)13-9-5-6-10-14(13)18-16(11)12-7-3-2-4-8-12;9-7-6-8-4-2-1-3-5-8/h2-10H,1H3,(H,19,20);1-5H,6-7,9H2. The van der Waals surface area contributed by atoms with Crippen molar-refractivity contribution in [1.82, 2.24) is 4.98 Å². The predicted molar refractivity (Wildman–Crippen MR) is 118 cm³/mol. The molecule has 146 valence electrons. The van der Waals surface area contributed by atoms with Gasteiger partial charge < -0.3 is 10.8 Å². The number of aromatic carboxylic acids is 1. The van der Waals surface area contributed by atoms with Crippen LogP contribution < -0.4 is 5.73 Å². The van der Waals surface area contributed by atoms with E-state index in [1.165, 1.54) is 5.56 Å². The number of carbonyl (C=O) groups is 1. The van der Waals surface area contributed by atoms with E-state index in [2.05, 4.69) is 17.1 Å². The van der Waals surface area contributed by atoms with Crippen LogP contribution in [0.5, 0.6) is 0 Å². The average Bonchev–Trinajstić information content (AvgIpc) is 2.75. The molecule has 1 heterocycles. The largest absolute Gasteiger partial charge is 0.478 e. The van der Waals surface area contributed by atoms with Crippen LogP contribution in [0.1, 0.15) is 21.5 Å². The van der Waals surface area contributed by atoms with E-state index in [0.29, 0.717) is 22.0 Å². The molecule has 0 amide bonds. The lowest BCUT2D eigenvalue weighted by Crippen LogP contribution is -2.04. The first-order valence-electron chi connectivity index (χ1n) is 9.54. The molecular weight excluding hydrogens is 360 g/mol. The van der Waals surface area contributed by atoms with Gasteiger partial charge in [-0.1, -0.05) is 78.9 Å². The molecule has 1 aromatic heterocycles. The van der Waals surface area contributed by atoms with E-state index in [9.17, 15) is 9.90 Å². The summed E-state index contributed by atoms with van der Waals surface area (Å²) in [5.41, 5.74) is 10.1. The van der Waals surface area contributed by atoms with Crippen LogP contribution in [-0.2, 0) is 6.42 Å². The zero-order valence-electron chi connectivity index (χ0n) is 16.4. The molecular formula is C25H24N2O2. The first-order chi connectivity index (χ1) is 14.1. The Kier molecular flexibility index (Phi) is 6.72. The Morgan fingerprint density at radius 1 is 0.897 bits per heavy atom. The molecule has 0 aliphatic carbocycles. The molecule has 3 aromatic carbocycles. The quantitative estimate of drug-likeness (QED) is 0.513. The van der Waals surface area contributed by atoms with Gasteiger partial charge in [-0.15, -0.1) is 0 Å². The van der Waals surface area contributed by atoms with Gasteiger partial charge in [0.05, 0.1) is 16.8 Å². The highest BCUT2D eigenvalue weighted by Crippen LogP contribution is 2.29. The molecule has 4 heteroatoms. The van der Waals surface area contributed by atoms with Gasteiger partial charge in [0.15, 0.2) is 0 Å². The molecule has 0 spiro atoms. The number of rotatable bonds is 4. The van der Waals surface area contributed by atoms with Crippen LogP contribution in [0.4, 0.5) is 0 Å². The molecule has 0 aliphatic rings. The fourth-order valence-electron chi connectivity index (χ4n) is 3.27. The van der Waals surface area contributed by atoms with Crippen molar-refractivity contribution in [3.63, 3.8) is 0 Å². The Morgan fingerprint density at radius 2 is 1.48 bits per heavy atom. The topological polar surface area (TPSA) is 76.2 Å². The first-order valence-corrected chi connectivity index (χ1v) is 9.54. The van der Waals surface area contributed by atoms with Crippen LogP contribution in [0, 0.1) is 6.92 Å². The summed E-state index contributed by atoms with van der Waals surface area (Å²) in [7, 11) is 0. The number of nitrogens with two attached hydrogens (primary N) is 1. The molecule has 4 nitrogen and oxygen atoms in total. The molecule has 0 unspecified atom stereocenters. The summed E-state index contributed by atoms with van der Waals surface area (Å²) in [6.07, 6.45) is 0.987. The third kappa shape index (κ3) is 4.86. The molecule has 0 atom stereocenters. The Bertz CT molecular complexity index is 1090. The number of fused-ring (bicyclic) bond motifs is 1. The van der Waals surface area contributed by atoms with E-state index in [0.717, 1.165) is 24.2 Å². The minimum absolute atomic E-state index is 0.328. The second kappa shape index (κ2) is 9.62. The molecule has 0 radical (unpaired) electrons. The predicted octanol–water partition coefficient (Wildman–Crippen LogP) is 5.10. The van der Waals surface area contributed by atoms with E-state index < -0.39 is 5.97 Å². The first kappa shape index (κ1) is 20.2. The molecule has 4 aromatic rings. The molecule has 0 aliphatic heterocycles. The second-order valence-corrected chi connectivity index (χ2v) is 6.67. The van der Waals surface area contributed by atoms with E-state index in [4.69, 9.17) is 5.73 Å². The van der Waals surface area contributed by atoms with Crippen molar-refractivity contribution in [1.29, 1.82) is 0 Å². The Balaban J connectivity index is 0.000000224. The van der Waals surface area contributed by atoms with Gasteiger partial charge in [-0.2, -0.15) is 0 Å². The number of hydrogen-bond acceptors (Lipinski definition) is 3.